The van der Waals surface area contributed by atoms with Crippen molar-refractivity contribution in [3.8, 4) is 0 Å². The highest BCUT2D eigenvalue weighted by atomic mass is 16.5. The number of rotatable bonds is 6. The maximum absolute atomic E-state index is 12.6. The predicted molar refractivity (Wildman–Crippen MR) is 110 cm³/mol. The fourth-order valence-corrected chi connectivity index (χ4v) is 2.98. The van der Waals surface area contributed by atoms with E-state index in [4.69, 9.17) is 4.74 Å². The molecule has 29 heavy (non-hydrogen) atoms. The minimum atomic E-state index is -0.258. The Bertz CT molecular complexity index is 894. The van der Waals surface area contributed by atoms with E-state index in [-0.39, 0.29) is 24.3 Å². The monoisotopic (exact) mass is 396 g/mol. The van der Waals surface area contributed by atoms with Crippen molar-refractivity contribution in [1.82, 2.24) is 10.2 Å². The zero-order valence-corrected chi connectivity index (χ0v) is 16.2. The third kappa shape index (κ3) is 5.55. The highest BCUT2D eigenvalue weighted by molar-refractivity contribution is 5.98. The average molecular weight is 396 g/mol. The summed E-state index contributed by atoms with van der Waals surface area (Å²) in [7, 11) is 1.56. The molecule has 3 amide bonds. The lowest BCUT2D eigenvalue weighted by Crippen LogP contribution is -2.40. The molecule has 0 aromatic heterocycles. The van der Waals surface area contributed by atoms with Gasteiger partial charge in [-0.15, -0.1) is 0 Å². The van der Waals surface area contributed by atoms with E-state index >= 15 is 0 Å². The highest BCUT2D eigenvalue weighted by Crippen LogP contribution is 2.14. The molecule has 2 aromatic carbocycles. The Kier molecular flexibility index (Phi) is 6.80. The largest absolute Gasteiger partial charge is 0.378 e. The first-order valence-electron chi connectivity index (χ1n) is 9.40. The molecule has 8 nitrogen and oxygen atoms in total. The van der Waals surface area contributed by atoms with Gasteiger partial charge in [-0.3, -0.25) is 14.4 Å². The van der Waals surface area contributed by atoms with E-state index in [0.29, 0.717) is 48.8 Å². The van der Waals surface area contributed by atoms with E-state index in [0.717, 1.165) is 0 Å². The zero-order chi connectivity index (χ0) is 20.6. The van der Waals surface area contributed by atoms with Crippen LogP contribution in [0.25, 0.3) is 0 Å². The molecule has 0 aliphatic carbocycles. The number of benzene rings is 2. The second-order valence-electron chi connectivity index (χ2n) is 6.55. The lowest BCUT2D eigenvalue weighted by atomic mass is 10.1. The number of anilines is 2. The molecule has 3 N–H and O–H groups in total. The molecule has 2 aromatic rings. The first-order valence-corrected chi connectivity index (χ1v) is 9.40. The molecule has 1 fully saturated rings. The minimum absolute atomic E-state index is 0.0266. The average Bonchev–Trinajstić information content (AvgIpc) is 2.77. The van der Waals surface area contributed by atoms with Crippen molar-refractivity contribution in [3.05, 3.63) is 59.7 Å². The van der Waals surface area contributed by atoms with Crippen LogP contribution in [0, 0.1) is 0 Å². The summed E-state index contributed by atoms with van der Waals surface area (Å²) in [4.78, 5) is 38.3. The molecule has 3 rings (SSSR count). The molecule has 0 spiro atoms. The van der Waals surface area contributed by atoms with Gasteiger partial charge in [0.2, 0.25) is 5.91 Å². The number of carbonyl (C=O) groups is 3. The van der Waals surface area contributed by atoms with Gasteiger partial charge in [0.25, 0.3) is 11.8 Å². The first kappa shape index (κ1) is 20.3. The molecule has 1 aliphatic heterocycles. The molecular formula is C21H24N4O4. The summed E-state index contributed by atoms with van der Waals surface area (Å²) >= 11 is 0. The summed E-state index contributed by atoms with van der Waals surface area (Å²) in [6, 6.07) is 13.8. The van der Waals surface area contributed by atoms with Gasteiger partial charge in [-0.1, -0.05) is 12.1 Å². The fourth-order valence-electron chi connectivity index (χ4n) is 2.98. The van der Waals surface area contributed by atoms with Crippen LogP contribution in [0.4, 0.5) is 11.4 Å². The standard InChI is InChI=1S/C21H24N4O4/c1-22-20(27)15-4-2-6-17(12-15)23-14-19(26)24-18-7-3-5-16(13-18)21(28)25-8-10-29-11-9-25/h2-7,12-13,23H,8-11,14H2,1H3,(H,22,27)(H,24,26). The van der Waals surface area contributed by atoms with Crippen LogP contribution in [0.5, 0.6) is 0 Å². The Morgan fingerprint density at radius 2 is 1.62 bits per heavy atom. The molecular weight excluding hydrogens is 372 g/mol. The van der Waals surface area contributed by atoms with E-state index < -0.39 is 0 Å². The van der Waals surface area contributed by atoms with Gasteiger partial charge < -0.3 is 25.6 Å². The number of nitrogens with one attached hydrogen (secondary N) is 3. The van der Waals surface area contributed by atoms with E-state index in [1.165, 1.54) is 0 Å². The fraction of sp³-hybridized carbons (Fsp3) is 0.286. The normalized spacial score (nSPS) is 13.5. The van der Waals surface area contributed by atoms with Crippen molar-refractivity contribution < 1.29 is 19.1 Å². The van der Waals surface area contributed by atoms with Crippen LogP contribution in [0.2, 0.25) is 0 Å². The Morgan fingerprint density at radius 1 is 0.966 bits per heavy atom. The number of amides is 3. The Balaban J connectivity index is 1.57. The molecule has 0 unspecified atom stereocenters. The van der Waals surface area contributed by atoms with Crippen molar-refractivity contribution in [1.29, 1.82) is 0 Å². The summed E-state index contributed by atoms with van der Waals surface area (Å²) in [5.41, 5.74) is 2.25. The number of hydrogen-bond donors (Lipinski definition) is 3. The summed E-state index contributed by atoms with van der Waals surface area (Å²) in [5.74, 6) is -0.528. The van der Waals surface area contributed by atoms with Crippen LogP contribution < -0.4 is 16.0 Å². The third-order valence-corrected chi connectivity index (χ3v) is 4.50. The Labute approximate surface area is 169 Å². The van der Waals surface area contributed by atoms with Crippen LogP contribution in [0.15, 0.2) is 48.5 Å². The van der Waals surface area contributed by atoms with E-state index in [2.05, 4.69) is 16.0 Å². The smallest absolute Gasteiger partial charge is 0.254 e. The van der Waals surface area contributed by atoms with Crippen LogP contribution in [-0.2, 0) is 9.53 Å². The Morgan fingerprint density at radius 3 is 2.34 bits per heavy atom. The number of hydrogen-bond acceptors (Lipinski definition) is 5. The second kappa shape index (κ2) is 9.70. The quantitative estimate of drug-likeness (QED) is 0.688. The summed E-state index contributed by atoms with van der Waals surface area (Å²) in [5, 5.41) is 8.33. The van der Waals surface area contributed by atoms with Crippen LogP contribution in [0.1, 0.15) is 20.7 Å². The molecule has 1 heterocycles. The van der Waals surface area contributed by atoms with E-state index in [1.54, 1.807) is 60.5 Å². The lowest BCUT2D eigenvalue weighted by molar-refractivity contribution is -0.114. The molecule has 8 heteroatoms. The molecule has 1 aliphatic rings. The topological polar surface area (TPSA) is 99.8 Å². The highest BCUT2D eigenvalue weighted by Gasteiger charge is 2.18. The van der Waals surface area contributed by atoms with E-state index in [9.17, 15) is 14.4 Å². The zero-order valence-electron chi connectivity index (χ0n) is 16.2. The van der Waals surface area contributed by atoms with Gasteiger partial charge in [0.15, 0.2) is 0 Å². The van der Waals surface area contributed by atoms with Gasteiger partial charge in [0, 0.05) is 42.6 Å². The maximum atomic E-state index is 12.6. The van der Waals surface area contributed by atoms with Crippen LogP contribution in [-0.4, -0.2) is 62.5 Å². The number of nitrogens with zero attached hydrogens (tertiary/aromatic N) is 1. The third-order valence-electron chi connectivity index (χ3n) is 4.50. The SMILES string of the molecule is CNC(=O)c1cccc(NCC(=O)Nc2cccc(C(=O)N3CCOCC3)c2)c1. The molecule has 0 bridgehead atoms. The predicted octanol–water partition coefficient (Wildman–Crippen LogP) is 1.57. The first-order chi connectivity index (χ1) is 14.1. The van der Waals surface area contributed by atoms with Crippen molar-refractivity contribution >= 4 is 29.1 Å². The minimum Gasteiger partial charge on any atom is -0.378 e. The second-order valence-corrected chi connectivity index (χ2v) is 6.55. The number of ether oxygens (including phenoxy) is 1. The van der Waals surface area contributed by atoms with Gasteiger partial charge in [0.05, 0.1) is 19.8 Å². The summed E-state index contributed by atoms with van der Waals surface area (Å²) in [6.45, 7) is 2.23. The molecule has 152 valence electrons. The van der Waals surface area contributed by atoms with Gasteiger partial charge in [-0.2, -0.15) is 0 Å². The van der Waals surface area contributed by atoms with Gasteiger partial charge >= 0.3 is 0 Å². The van der Waals surface area contributed by atoms with Crippen LogP contribution >= 0.6 is 0 Å². The van der Waals surface area contributed by atoms with Crippen molar-refractivity contribution in [2.24, 2.45) is 0 Å². The summed E-state index contributed by atoms with van der Waals surface area (Å²) < 4.78 is 5.27. The van der Waals surface area contributed by atoms with Crippen molar-refractivity contribution in [2.75, 3.05) is 50.5 Å². The number of morpholine rings is 1. The van der Waals surface area contributed by atoms with Crippen LogP contribution in [0.3, 0.4) is 0 Å². The van der Waals surface area contributed by atoms with Crippen molar-refractivity contribution in [2.45, 2.75) is 0 Å². The van der Waals surface area contributed by atoms with Gasteiger partial charge in [-0.25, -0.2) is 0 Å². The summed E-state index contributed by atoms with van der Waals surface area (Å²) in [6.07, 6.45) is 0. The van der Waals surface area contributed by atoms with Gasteiger partial charge in [0.1, 0.15) is 0 Å². The number of carbonyl (C=O) groups excluding carboxylic acids is 3. The molecule has 0 saturated carbocycles. The molecule has 0 atom stereocenters. The molecule has 1 saturated heterocycles. The van der Waals surface area contributed by atoms with Gasteiger partial charge in [-0.05, 0) is 36.4 Å². The maximum Gasteiger partial charge on any atom is 0.254 e. The lowest BCUT2D eigenvalue weighted by Gasteiger charge is -2.27. The Hall–Kier alpha value is -3.39. The molecule has 0 radical (unpaired) electrons. The van der Waals surface area contributed by atoms with Crippen molar-refractivity contribution in [3.63, 3.8) is 0 Å². The van der Waals surface area contributed by atoms with E-state index in [1.807, 2.05) is 0 Å².